The van der Waals surface area contributed by atoms with Crippen LogP contribution in [-0.2, 0) is 0 Å². The van der Waals surface area contributed by atoms with Gasteiger partial charge in [-0.25, -0.2) is 4.98 Å². The van der Waals surface area contributed by atoms with Crippen LogP contribution in [0, 0.1) is 0 Å². The third-order valence-corrected chi connectivity index (χ3v) is 3.25. The minimum absolute atomic E-state index is 0.0401. The largest absolute Gasteiger partial charge is 0.476 e. The van der Waals surface area contributed by atoms with Gasteiger partial charge in [0.1, 0.15) is 6.61 Å². The van der Waals surface area contributed by atoms with Gasteiger partial charge in [0.05, 0.1) is 0 Å². The maximum absolute atomic E-state index is 11.2. The molecule has 1 fully saturated rings. The van der Waals surface area contributed by atoms with Gasteiger partial charge in [0.15, 0.2) is 5.78 Å². The van der Waals surface area contributed by atoms with E-state index in [1.807, 2.05) is 0 Å². The fraction of sp³-hybridized carbons (Fsp3) is 0.571. The predicted molar refractivity (Wildman–Crippen MR) is 70.0 cm³/mol. The van der Waals surface area contributed by atoms with Crippen LogP contribution in [0.4, 0.5) is 0 Å². The third-order valence-electron chi connectivity index (χ3n) is 3.25. The molecular formula is C14H20N2O2. The summed E-state index contributed by atoms with van der Waals surface area (Å²) in [6, 6.07) is 3.42. The van der Waals surface area contributed by atoms with Gasteiger partial charge < -0.3 is 4.74 Å². The van der Waals surface area contributed by atoms with Crippen molar-refractivity contribution in [2.45, 2.75) is 26.2 Å². The van der Waals surface area contributed by atoms with E-state index < -0.39 is 0 Å². The lowest BCUT2D eigenvalue weighted by molar-refractivity contribution is 0.101. The molecule has 1 aromatic heterocycles. The number of carbonyl (C=O) groups is 1. The van der Waals surface area contributed by atoms with Gasteiger partial charge in [0.25, 0.3) is 0 Å². The van der Waals surface area contributed by atoms with E-state index in [0.717, 1.165) is 6.54 Å². The van der Waals surface area contributed by atoms with E-state index in [1.54, 1.807) is 25.3 Å². The lowest BCUT2D eigenvalue weighted by atomic mass is 10.1. The molecule has 0 amide bonds. The normalized spacial score (nSPS) is 16.5. The standard InChI is InChI=1S/C14H20N2O2/c1-12(17)13-5-6-15-14(11-13)18-10-9-16-7-3-2-4-8-16/h5-6,11H,2-4,7-10H2,1H3. The van der Waals surface area contributed by atoms with Crippen molar-refractivity contribution in [3.63, 3.8) is 0 Å². The number of ether oxygens (including phenoxy) is 1. The quantitative estimate of drug-likeness (QED) is 0.749. The first-order valence-electron chi connectivity index (χ1n) is 6.58. The summed E-state index contributed by atoms with van der Waals surface area (Å²) in [5, 5.41) is 0. The lowest BCUT2D eigenvalue weighted by Crippen LogP contribution is -2.33. The van der Waals surface area contributed by atoms with Gasteiger partial charge in [0.2, 0.25) is 5.88 Å². The zero-order valence-electron chi connectivity index (χ0n) is 10.9. The van der Waals surface area contributed by atoms with Crippen molar-refractivity contribution in [2.75, 3.05) is 26.2 Å². The van der Waals surface area contributed by atoms with Gasteiger partial charge >= 0.3 is 0 Å². The van der Waals surface area contributed by atoms with Gasteiger partial charge in [-0.1, -0.05) is 6.42 Å². The number of Topliss-reactive ketones (excluding diaryl/α,β-unsaturated/α-hetero) is 1. The highest BCUT2D eigenvalue weighted by Gasteiger charge is 2.09. The van der Waals surface area contributed by atoms with E-state index in [4.69, 9.17) is 4.74 Å². The highest BCUT2D eigenvalue weighted by molar-refractivity contribution is 5.94. The molecule has 2 heterocycles. The number of likely N-dealkylation sites (tertiary alicyclic amines) is 1. The summed E-state index contributed by atoms with van der Waals surface area (Å²) in [5.74, 6) is 0.581. The summed E-state index contributed by atoms with van der Waals surface area (Å²) in [5.41, 5.74) is 0.651. The van der Waals surface area contributed by atoms with Crippen LogP contribution in [0.5, 0.6) is 5.88 Å². The molecule has 2 rings (SSSR count). The Morgan fingerprint density at radius 2 is 2.17 bits per heavy atom. The molecule has 1 saturated heterocycles. The van der Waals surface area contributed by atoms with Gasteiger partial charge in [-0.05, 0) is 38.9 Å². The van der Waals surface area contributed by atoms with Gasteiger partial charge in [0, 0.05) is 24.4 Å². The van der Waals surface area contributed by atoms with Crippen LogP contribution in [0.3, 0.4) is 0 Å². The number of pyridine rings is 1. The summed E-state index contributed by atoms with van der Waals surface area (Å²) in [4.78, 5) is 17.8. The highest BCUT2D eigenvalue weighted by atomic mass is 16.5. The molecule has 1 aromatic rings. The van der Waals surface area contributed by atoms with Gasteiger partial charge in [-0.15, -0.1) is 0 Å². The van der Waals surface area contributed by atoms with E-state index in [1.165, 1.54) is 32.4 Å². The van der Waals surface area contributed by atoms with Crippen molar-refractivity contribution >= 4 is 5.78 Å². The van der Waals surface area contributed by atoms with Crippen LogP contribution in [0.15, 0.2) is 18.3 Å². The lowest BCUT2D eigenvalue weighted by Gasteiger charge is -2.26. The number of piperidine rings is 1. The van der Waals surface area contributed by atoms with E-state index in [2.05, 4.69) is 9.88 Å². The number of carbonyl (C=O) groups excluding carboxylic acids is 1. The Balaban J connectivity index is 1.78. The molecule has 4 nitrogen and oxygen atoms in total. The first-order chi connectivity index (χ1) is 8.75. The van der Waals surface area contributed by atoms with Crippen molar-refractivity contribution < 1.29 is 9.53 Å². The Labute approximate surface area is 108 Å². The fourth-order valence-corrected chi connectivity index (χ4v) is 2.17. The number of ketones is 1. The molecule has 0 N–H and O–H groups in total. The molecule has 0 aromatic carbocycles. The predicted octanol–water partition coefficient (Wildman–Crippen LogP) is 2.15. The zero-order valence-corrected chi connectivity index (χ0v) is 10.9. The maximum atomic E-state index is 11.2. The molecule has 1 aliphatic rings. The maximum Gasteiger partial charge on any atom is 0.213 e. The van der Waals surface area contributed by atoms with Crippen LogP contribution < -0.4 is 4.74 Å². The molecule has 4 heteroatoms. The van der Waals surface area contributed by atoms with E-state index in [9.17, 15) is 4.79 Å². The number of nitrogens with zero attached hydrogens (tertiary/aromatic N) is 2. The molecule has 0 saturated carbocycles. The van der Waals surface area contributed by atoms with Crippen molar-refractivity contribution in [1.82, 2.24) is 9.88 Å². The molecule has 0 bridgehead atoms. The molecule has 0 radical (unpaired) electrons. The van der Waals surface area contributed by atoms with E-state index >= 15 is 0 Å². The molecule has 18 heavy (non-hydrogen) atoms. The number of hydrogen-bond acceptors (Lipinski definition) is 4. The summed E-state index contributed by atoms with van der Waals surface area (Å²) < 4.78 is 5.59. The van der Waals surface area contributed by atoms with Gasteiger partial charge in [-0.3, -0.25) is 9.69 Å². The van der Waals surface area contributed by atoms with Crippen LogP contribution in [0.2, 0.25) is 0 Å². The Morgan fingerprint density at radius 1 is 1.39 bits per heavy atom. The first-order valence-corrected chi connectivity index (χ1v) is 6.58. The van der Waals surface area contributed by atoms with Crippen LogP contribution in [0.1, 0.15) is 36.5 Å². The summed E-state index contributed by atoms with van der Waals surface area (Å²) in [6.45, 7) is 5.46. The topological polar surface area (TPSA) is 42.4 Å². The van der Waals surface area contributed by atoms with E-state index in [0.29, 0.717) is 18.1 Å². The van der Waals surface area contributed by atoms with Crippen molar-refractivity contribution in [2.24, 2.45) is 0 Å². The Morgan fingerprint density at radius 3 is 2.89 bits per heavy atom. The highest BCUT2D eigenvalue weighted by Crippen LogP contribution is 2.11. The van der Waals surface area contributed by atoms with Crippen molar-refractivity contribution in [3.8, 4) is 5.88 Å². The Bertz CT molecular complexity index is 401. The zero-order chi connectivity index (χ0) is 12.8. The smallest absolute Gasteiger partial charge is 0.213 e. The van der Waals surface area contributed by atoms with Crippen molar-refractivity contribution in [1.29, 1.82) is 0 Å². The SMILES string of the molecule is CC(=O)c1ccnc(OCCN2CCCCC2)c1. The van der Waals surface area contributed by atoms with Crippen LogP contribution in [-0.4, -0.2) is 41.9 Å². The second kappa shape index (κ2) is 6.50. The Kier molecular flexibility index (Phi) is 4.70. The Hall–Kier alpha value is -1.42. The third kappa shape index (κ3) is 3.81. The molecule has 0 spiro atoms. The second-order valence-electron chi connectivity index (χ2n) is 4.69. The summed E-state index contributed by atoms with van der Waals surface area (Å²) in [7, 11) is 0. The number of hydrogen-bond donors (Lipinski definition) is 0. The second-order valence-corrected chi connectivity index (χ2v) is 4.69. The molecular weight excluding hydrogens is 228 g/mol. The van der Waals surface area contributed by atoms with E-state index in [-0.39, 0.29) is 5.78 Å². The van der Waals surface area contributed by atoms with Crippen LogP contribution in [0.25, 0.3) is 0 Å². The minimum atomic E-state index is 0.0401. The van der Waals surface area contributed by atoms with Crippen LogP contribution >= 0.6 is 0 Å². The molecule has 1 aliphatic heterocycles. The fourth-order valence-electron chi connectivity index (χ4n) is 2.17. The number of rotatable bonds is 5. The van der Waals surface area contributed by atoms with Crippen molar-refractivity contribution in [3.05, 3.63) is 23.9 Å². The van der Waals surface area contributed by atoms with Gasteiger partial charge in [-0.2, -0.15) is 0 Å². The summed E-state index contributed by atoms with van der Waals surface area (Å²) in [6.07, 6.45) is 5.54. The first kappa shape index (κ1) is 13.0. The average molecular weight is 248 g/mol. The molecule has 0 unspecified atom stereocenters. The monoisotopic (exact) mass is 248 g/mol. The summed E-state index contributed by atoms with van der Waals surface area (Å²) >= 11 is 0. The number of aromatic nitrogens is 1. The average Bonchev–Trinajstić information content (AvgIpc) is 2.40. The molecule has 0 aliphatic carbocycles. The molecule has 0 atom stereocenters. The minimum Gasteiger partial charge on any atom is -0.476 e. The molecule has 98 valence electrons.